The second kappa shape index (κ2) is 4.13. The average molecular weight is 202 g/mol. The summed E-state index contributed by atoms with van der Waals surface area (Å²) in [6.07, 6.45) is 3.14. The van der Waals surface area contributed by atoms with Crippen molar-refractivity contribution in [3.8, 4) is 0 Å². The predicted octanol–water partition coefficient (Wildman–Crippen LogP) is 1.26. The molecule has 0 bridgehead atoms. The van der Waals surface area contributed by atoms with Crippen LogP contribution in [0.2, 0.25) is 0 Å². The second-order valence-electron chi connectivity index (χ2n) is 3.27. The summed E-state index contributed by atoms with van der Waals surface area (Å²) in [4.78, 5) is 22.8. The molecule has 13 heavy (non-hydrogen) atoms. The zero-order valence-electron chi connectivity index (χ0n) is 7.96. The Morgan fingerprint density at radius 1 is 1.69 bits per heavy atom. The first-order chi connectivity index (χ1) is 6.13. The fourth-order valence-electron chi connectivity index (χ4n) is 1.56. The zero-order chi connectivity index (χ0) is 9.90. The summed E-state index contributed by atoms with van der Waals surface area (Å²) in [5.41, 5.74) is -0.816. The van der Waals surface area contributed by atoms with E-state index in [9.17, 15) is 9.59 Å². The third kappa shape index (κ3) is 1.88. The van der Waals surface area contributed by atoms with Gasteiger partial charge >= 0.3 is 5.97 Å². The van der Waals surface area contributed by atoms with E-state index in [1.165, 1.54) is 6.92 Å². The van der Waals surface area contributed by atoms with Gasteiger partial charge in [-0.3, -0.25) is 9.59 Å². The van der Waals surface area contributed by atoms with E-state index in [1.807, 2.05) is 6.26 Å². The third-order valence-corrected chi connectivity index (χ3v) is 3.17. The molecule has 0 saturated carbocycles. The van der Waals surface area contributed by atoms with Crippen molar-refractivity contribution >= 4 is 23.5 Å². The number of Topliss-reactive ketones (excluding diaryl/α,β-unsaturated/α-hetero) is 1. The van der Waals surface area contributed by atoms with Gasteiger partial charge in [0.2, 0.25) is 0 Å². The van der Waals surface area contributed by atoms with Crippen LogP contribution in [0.5, 0.6) is 0 Å². The normalized spacial score (nSPS) is 27.4. The second-order valence-corrected chi connectivity index (χ2v) is 4.25. The van der Waals surface area contributed by atoms with E-state index >= 15 is 0 Å². The monoisotopic (exact) mass is 202 g/mol. The lowest BCUT2D eigenvalue weighted by molar-refractivity contribution is -0.150. The van der Waals surface area contributed by atoms with Crippen molar-refractivity contribution in [2.24, 2.45) is 5.41 Å². The summed E-state index contributed by atoms with van der Waals surface area (Å²) < 4.78 is 4.86. The topological polar surface area (TPSA) is 43.4 Å². The standard InChI is InChI=1S/C9H14O3S/c1-7(10)9(4-6-13-2)3-5-12-8(9)11/h3-6H2,1-2H3. The lowest BCUT2D eigenvalue weighted by Gasteiger charge is -2.20. The summed E-state index contributed by atoms with van der Waals surface area (Å²) in [5, 5.41) is 0. The van der Waals surface area contributed by atoms with Crippen LogP contribution in [0.3, 0.4) is 0 Å². The molecule has 4 heteroatoms. The fraction of sp³-hybridized carbons (Fsp3) is 0.778. The van der Waals surface area contributed by atoms with Crippen LogP contribution in [-0.4, -0.2) is 30.4 Å². The lowest BCUT2D eigenvalue weighted by Crippen LogP contribution is -2.34. The van der Waals surface area contributed by atoms with Gasteiger partial charge in [0, 0.05) is 6.42 Å². The minimum absolute atomic E-state index is 0.0518. The number of thioether (sulfide) groups is 1. The molecular formula is C9H14O3S. The van der Waals surface area contributed by atoms with E-state index in [1.54, 1.807) is 11.8 Å². The molecule has 0 aliphatic carbocycles. The largest absolute Gasteiger partial charge is 0.465 e. The van der Waals surface area contributed by atoms with Crippen LogP contribution in [0, 0.1) is 5.41 Å². The minimum atomic E-state index is -0.816. The number of hydrogen-bond donors (Lipinski definition) is 0. The van der Waals surface area contributed by atoms with Gasteiger partial charge in [0.25, 0.3) is 0 Å². The molecule has 3 nitrogen and oxygen atoms in total. The highest BCUT2D eigenvalue weighted by Crippen LogP contribution is 2.35. The van der Waals surface area contributed by atoms with Crippen LogP contribution in [-0.2, 0) is 14.3 Å². The Kier molecular flexibility index (Phi) is 3.36. The maximum atomic E-state index is 11.4. The molecule has 1 atom stereocenters. The van der Waals surface area contributed by atoms with Gasteiger partial charge in [-0.05, 0) is 25.4 Å². The lowest BCUT2D eigenvalue weighted by atomic mass is 9.80. The summed E-state index contributed by atoms with van der Waals surface area (Å²) in [5.74, 6) is 0.451. The molecule has 1 aliphatic heterocycles. The van der Waals surface area contributed by atoms with Crippen molar-refractivity contribution in [1.29, 1.82) is 0 Å². The number of carbonyl (C=O) groups excluding carboxylic acids is 2. The summed E-state index contributed by atoms with van der Waals surface area (Å²) >= 11 is 1.65. The van der Waals surface area contributed by atoms with E-state index < -0.39 is 5.41 Å². The Balaban J connectivity index is 2.74. The maximum Gasteiger partial charge on any atom is 0.319 e. The van der Waals surface area contributed by atoms with Crippen molar-refractivity contribution in [3.63, 3.8) is 0 Å². The first kappa shape index (κ1) is 10.6. The van der Waals surface area contributed by atoms with E-state index in [4.69, 9.17) is 4.74 Å². The fourth-order valence-corrected chi connectivity index (χ4v) is 2.11. The molecule has 0 aromatic rings. The van der Waals surface area contributed by atoms with E-state index in [0.29, 0.717) is 19.4 Å². The SMILES string of the molecule is CSCCC1(C(C)=O)CCOC1=O. The van der Waals surface area contributed by atoms with Crippen LogP contribution in [0.25, 0.3) is 0 Å². The quantitative estimate of drug-likeness (QED) is 0.508. The van der Waals surface area contributed by atoms with Gasteiger partial charge in [0.15, 0.2) is 0 Å². The summed E-state index contributed by atoms with van der Waals surface area (Å²) in [7, 11) is 0. The molecule has 1 saturated heterocycles. The Morgan fingerprint density at radius 3 is 2.77 bits per heavy atom. The van der Waals surface area contributed by atoms with Crippen molar-refractivity contribution < 1.29 is 14.3 Å². The number of cyclic esters (lactones) is 1. The highest BCUT2D eigenvalue weighted by Gasteiger charge is 2.48. The summed E-state index contributed by atoms with van der Waals surface area (Å²) in [6.45, 7) is 1.87. The molecule has 0 aromatic heterocycles. The van der Waals surface area contributed by atoms with Crippen LogP contribution in [0.15, 0.2) is 0 Å². The molecule has 0 aromatic carbocycles. The average Bonchev–Trinajstić information content (AvgIpc) is 2.45. The van der Waals surface area contributed by atoms with Crippen molar-refractivity contribution in [3.05, 3.63) is 0 Å². The van der Waals surface area contributed by atoms with Crippen molar-refractivity contribution in [2.75, 3.05) is 18.6 Å². The molecule has 0 radical (unpaired) electrons. The molecule has 1 fully saturated rings. The Labute approximate surface area is 82.2 Å². The van der Waals surface area contributed by atoms with Gasteiger partial charge in [0.05, 0.1) is 6.61 Å². The van der Waals surface area contributed by atoms with Crippen LogP contribution in [0.4, 0.5) is 0 Å². The molecule has 0 N–H and O–H groups in total. The van der Waals surface area contributed by atoms with Gasteiger partial charge in [-0.1, -0.05) is 0 Å². The third-order valence-electron chi connectivity index (χ3n) is 2.56. The van der Waals surface area contributed by atoms with Crippen molar-refractivity contribution in [1.82, 2.24) is 0 Å². The summed E-state index contributed by atoms with van der Waals surface area (Å²) in [6, 6.07) is 0. The van der Waals surface area contributed by atoms with Gasteiger partial charge in [-0.2, -0.15) is 11.8 Å². The number of ketones is 1. The number of carbonyl (C=O) groups is 2. The molecule has 1 rings (SSSR count). The molecule has 1 aliphatic rings. The molecular weight excluding hydrogens is 188 g/mol. The molecule has 0 amide bonds. The molecule has 1 heterocycles. The van der Waals surface area contributed by atoms with E-state index in [0.717, 1.165) is 5.75 Å². The van der Waals surface area contributed by atoms with Gasteiger partial charge in [0.1, 0.15) is 11.2 Å². The van der Waals surface area contributed by atoms with E-state index in [-0.39, 0.29) is 11.8 Å². The number of esters is 1. The number of hydrogen-bond acceptors (Lipinski definition) is 4. The highest BCUT2D eigenvalue weighted by molar-refractivity contribution is 7.98. The van der Waals surface area contributed by atoms with E-state index in [2.05, 4.69) is 0 Å². The molecule has 74 valence electrons. The van der Waals surface area contributed by atoms with Gasteiger partial charge < -0.3 is 4.74 Å². The number of ether oxygens (including phenoxy) is 1. The van der Waals surface area contributed by atoms with Crippen molar-refractivity contribution in [2.45, 2.75) is 19.8 Å². The number of rotatable bonds is 4. The minimum Gasteiger partial charge on any atom is -0.465 e. The molecule has 0 spiro atoms. The van der Waals surface area contributed by atoms with Gasteiger partial charge in [-0.15, -0.1) is 0 Å². The highest BCUT2D eigenvalue weighted by atomic mass is 32.2. The Morgan fingerprint density at radius 2 is 2.38 bits per heavy atom. The first-order valence-corrected chi connectivity index (χ1v) is 5.70. The zero-order valence-corrected chi connectivity index (χ0v) is 8.78. The molecule has 1 unspecified atom stereocenters. The van der Waals surface area contributed by atoms with Crippen LogP contribution in [0.1, 0.15) is 19.8 Å². The van der Waals surface area contributed by atoms with Crippen LogP contribution >= 0.6 is 11.8 Å². The maximum absolute atomic E-state index is 11.4. The van der Waals surface area contributed by atoms with Gasteiger partial charge in [-0.25, -0.2) is 0 Å². The smallest absolute Gasteiger partial charge is 0.319 e. The Bertz CT molecular complexity index is 227. The first-order valence-electron chi connectivity index (χ1n) is 4.31. The Hall–Kier alpha value is -0.510. The van der Waals surface area contributed by atoms with Crippen LogP contribution < -0.4 is 0 Å². The predicted molar refractivity (Wildman–Crippen MR) is 51.7 cm³/mol.